The van der Waals surface area contributed by atoms with Crippen LogP contribution in [0.1, 0.15) is 29.3 Å². The van der Waals surface area contributed by atoms with E-state index in [-0.39, 0.29) is 23.2 Å². The zero-order valence-corrected chi connectivity index (χ0v) is 20.6. The third kappa shape index (κ3) is 6.04. The van der Waals surface area contributed by atoms with Gasteiger partial charge < -0.3 is 4.90 Å². The van der Waals surface area contributed by atoms with Crippen LogP contribution in [0.4, 0.5) is 5.13 Å². The molecule has 1 amide bonds. The molecule has 3 aromatic rings. The molecule has 2 aromatic carbocycles. The number of fused-ring (bicyclic) bond motifs is 1. The third-order valence-electron chi connectivity index (χ3n) is 4.84. The lowest BCUT2D eigenvalue weighted by molar-refractivity contribution is 0.0986. The van der Waals surface area contributed by atoms with E-state index in [0.29, 0.717) is 17.2 Å². The fourth-order valence-electron chi connectivity index (χ4n) is 3.24. The Labute approximate surface area is 194 Å². The Morgan fingerprint density at radius 1 is 1.10 bits per heavy atom. The Hall–Kier alpha value is -2.00. The van der Waals surface area contributed by atoms with Crippen LogP contribution < -0.4 is 4.90 Å². The Bertz CT molecular complexity index is 1160. The SMILES string of the molecule is CCc1cccc2sc(N(CCCN(C)C)C(=O)c3cccc(S(C)(=O)=O)c3)nc12.Cl. The van der Waals surface area contributed by atoms with Crippen molar-refractivity contribution in [1.29, 1.82) is 0 Å². The summed E-state index contributed by atoms with van der Waals surface area (Å²) in [6.07, 6.45) is 2.79. The van der Waals surface area contributed by atoms with E-state index < -0.39 is 9.84 Å². The molecule has 0 aliphatic heterocycles. The fraction of sp³-hybridized carbons (Fsp3) is 0.364. The summed E-state index contributed by atoms with van der Waals surface area (Å²) < 4.78 is 24.9. The number of para-hydroxylation sites is 1. The van der Waals surface area contributed by atoms with Gasteiger partial charge >= 0.3 is 0 Å². The maximum absolute atomic E-state index is 13.4. The van der Waals surface area contributed by atoms with Gasteiger partial charge in [-0.3, -0.25) is 9.69 Å². The highest BCUT2D eigenvalue weighted by Gasteiger charge is 2.23. The Morgan fingerprint density at radius 3 is 2.45 bits per heavy atom. The number of thiazole rings is 1. The van der Waals surface area contributed by atoms with E-state index in [2.05, 4.69) is 17.9 Å². The molecule has 3 rings (SSSR count). The van der Waals surface area contributed by atoms with Gasteiger partial charge in [0, 0.05) is 18.4 Å². The normalized spacial score (nSPS) is 11.5. The lowest BCUT2D eigenvalue weighted by Crippen LogP contribution is -2.33. The maximum Gasteiger partial charge on any atom is 0.260 e. The van der Waals surface area contributed by atoms with E-state index in [9.17, 15) is 13.2 Å². The van der Waals surface area contributed by atoms with E-state index >= 15 is 0 Å². The van der Waals surface area contributed by atoms with Crippen molar-refractivity contribution in [3.63, 3.8) is 0 Å². The number of hydrogen-bond donors (Lipinski definition) is 0. The van der Waals surface area contributed by atoms with Gasteiger partial charge in [0.05, 0.1) is 15.1 Å². The predicted molar refractivity (Wildman–Crippen MR) is 131 cm³/mol. The van der Waals surface area contributed by atoms with Crippen LogP contribution in [0.5, 0.6) is 0 Å². The van der Waals surface area contributed by atoms with Crippen molar-refractivity contribution >= 4 is 54.8 Å². The molecule has 0 aliphatic carbocycles. The van der Waals surface area contributed by atoms with Crippen LogP contribution in [0.15, 0.2) is 47.4 Å². The van der Waals surface area contributed by atoms with Crippen LogP contribution in [0.2, 0.25) is 0 Å². The highest BCUT2D eigenvalue weighted by Crippen LogP contribution is 2.32. The maximum atomic E-state index is 13.4. The van der Waals surface area contributed by atoms with Gasteiger partial charge in [0.25, 0.3) is 5.91 Å². The average molecular weight is 482 g/mol. The molecule has 6 nitrogen and oxygen atoms in total. The van der Waals surface area contributed by atoms with Gasteiger partial charge in [0.2, 0.25) is 0 Å². The summed E-state index contributed by atoms with van der Waals surface area (Å²) in [4.78, 5) is 22.1. The number of rotatable bonds is 8. The number of carbonyl (C=O) groups is 1. The number of hydrogen-bond acceptors (Lipinski definition) is 6. The van der Waals surface area contributed by atoms with Crippen molar-refractivity contribution in [2.75, 3.05) is 38.3 Å². The first kappa shape index (κ1) is 25.3. The van der Waals surface area contributed by atoms with Crippen LogP contribution in [0.3, 0.4) is 0 Å². The number of carbonyl (C=O) groups excluding carboxylic acids is 1. The van der Waals surface area contributed by atoms with Gasteiger partial charge in [0.1, 0.15) is 0 Å². The Morgan fingerprint density at radius 2 is 1.81 bits per heavy atom. The quantitative estimate of drug-likeness (QED) is 0.480. The summed E-state index contributed by atoms with van der Waals surface area (Å²) in [6.45, 7) is 3.42. The minimum atomic E-state index is -3.40. The summed E-state index contributed by atoms with van der Waals surface area (Å²) in [5.41, 5.74) is 2.42. The first-order valence-corrected chi connectivity index (χ1v) is 12.6. The molecule has 0 radical (unpaired) electrons. The second-order valence-corrected chi connectivity index (χ2v) is 10.6. The smallest absolute Gasteiger partial charge is 0.260 e. The van der Waals surface area contributed by atoms with Crippen LogP contribution in [0.25, 0.3) is 10.2 Å². The molecule has 0 spiro atoms. The van der Waals surface area contributed by atoms with E-state index in [1.807, 2.05) is 26.2 Å². The summed E-state index contributed by atoms with van der Waals surface area (Å²) >= 11 is 1.49. The number of halogens is 1. The minimum absolute atomic E-state index is 0. The molecular formula is C22H28ClN3O3S2. The molecule has 0 aliphatic rings. The molecule has 0 saturated heterocycles. The Balaban J connectivity index is 0.00000341. The molecular weight excluding hydrogens is 454 g/mol. The van der Waals surface area contributed by atoms with Gasteiger partial charge in [-0.2, -0.15) is 0 Å². The number of aryl methyl sites for hydroxylation is 1. The van der Waals surface area contributed by atoms with E-state index in [1.165, 1.54) is 23.5 Å². The average Bonchev–Trinajstić information content (AvgIpc) is 3.14. The molecule has 1 aromatic heterocycles. The second-order valence-electron chi connectivity index (χ2n) is 7.53. The highest BCUT2D eigenvalue weighted by molar-refractivity contribution is 7.90. The lowest BCUT2D eigenvalue weighted by Gasteiger charge is -2.21. The number of nitrogens with zero attached hydrogens (tertiary/aromatic N) is 3. The zero-order valence-electron chi connectivity index (χ0n) is 18.2. The van der Waals surface area contributed by atoms with Gasteiger partial charge in [-0.15, -0.1) is 12.4 Å². The molecule has 1 heterocycles. The molecule has 0 atom stereocenters. The molecule has 0 bridgehead atoms. The van der Waals surface area contributed by atoms with Crippen molar-refractivity contribution in [2.45, 2.75) is 24.7 Å². The standard InChI is InChI=1S/C22H27N3O3S2.ClH/c1-5-16-9-7-12-19-20(16)23-22(29-19)25(14-8-13-24(2)3)21(26)17-10-6-11-18(15-17)30(4,27)28;/h6-7,9-12,15H,5,8,13-14H2,1-4H3;1H. The van der Waals surface area contributed by atoms with E-state index in [0.717, 1.165) is 41.4 Å². The lowest BCUT2D eigenvalue weighted by atomic mass is 10.1. The number of aromatic nitrogens is 1. The van der Waals surface area contributed by atoms with Crippen LogP contribution in [0, 0.1) is 0 Å². The van der Waals surface area contributed by atoms with Gasteiger partial charge in [-0.1, -0.05) is 36.5 Å². The molecule has 9 heteroatoms. The van der Waals surface area contributed by atoms with E-state index in [4.69, 9.17) is 4.98 Å². The number of sulfone groups is 1. The first-order chi connectivity index (χ1) is 14.2. The zero-order chi connectivity index (χ0) is 21.9. The monoisotopic (exact) mass is 481 g/mol. The van der Waals surface area contributed by atoms with Gasteiger partial charge in [0.15, 0.2) is 15.0 Å². The number of amides is 1. The highest BCUT2D eigenvalue weighted by atomic mass is 35.5. The number of anilines is 1. The van der Waals surface area contributed by atoms with Crippen molar-refractivity contribution < 1.29 is 13.2 Å². The molecule has 0 fully saturated rings. The number of benzene rings is 2. The van der Waals surface area contributed by atoms with Gasteiger partial charge in [-0.25, -0.2) is 13.4 Å². The minimum Gasteiger partial charge on any atom is -0.309 e. The molecule has 168 valence electrons. The van der Waals surface area contributed by atoms with Crippen molar-refractivity contribution in [1.82, 2.24) is 9.88 Å². The van der Waals surface area contributed by atoms with Crippen LogP contribution >= 0.6 is 23.7 Å². The second kappa shape index (κ2) is 10.5. The van der Waals surface area contributed by atoms with Crippen LogP contribution in [-0.2, 0) is 16.3 Å². The third-order valence-corrected chi connectivity index (χ3v) is 7.00. The summed E-state index contributed by atoms with van der Waals surface area (Å²) in [5, 5.41) is 0.638. The largest absolute Gasteiger partial charge is 0.309 e. The van der Waals surface area contributed by atoms with Crippen molar-refractivity contribution in [3.8, 4) is 0 Å². The molecule has 0 N–H and O–H groups in total. The molecule has 0 saturated carbocycles. The summed E-state index contributed by atoms with van der Waals surface area (Å²) in [5.74, 6) is -0.239. The van der Waals surface area contributed by atoms with E-state index in [1.54, 1.807) is 17.0 Å². The molecule has 31 heavy (non-hydrogen) atoms. The van der Waals surface area contributed by atoms with Crippen molar-refractivity contribution in [3.05, 3.63) is 53.6 Å². The predicted octanol–water partition coefficient (Wildman–Crippen LogP) is 4.28. The topological polar surface area (TPSA) is 70.6 Å². The summed E-state index contributed by atoms with van der Waals surface area (Å²) in [7, 11) is 0.589. The van der Waals surface area contributed by atoms with Crippen molar-refractivity contribution in [2.24, 2.45) is 0 Å². The van der Waals surface area contributed by atoms with Gasteiger partial charge in [-0.05, 0) is 63.3 Å². The van der Waals surface area contributed by atoms with Crippen LogP contribution in [-0.4, -0.2) is 57.6 Å². The molecule has 0 unspecified atom stereocenters. The Kier molecular flexibility index (Phi) is 8.59. The fourth-order valence-corrected chi connectivity index (χ4v) is 4.94. The first-order valence-electron chi connectivity index (χ1n) is 9.86. The summed E-state index contributed by atoms with van der Waals surface area (Å²) in [6, 6.07) is 12.3.